The van der Waals surface area contributed by atoms with Gasteiger partial charge in [-0.15, -0.1) is 0 Å². The van der Waals surface area contributed by atoms with Crippen molar-refractivity contribution in [2.24, 2.45) is 0 Å². The minimum absolute atomic E-state index is 0.129. The number of benzene rings is 1. The molecular formula is C15H19ClFN3O3. The first-order valence-corrected chi connectivity index (χ1v) is 7.78. The van der Waals surface area contributed by atoms with Crippen LogP contribution in [0.3, 0.4) is 0 Å². The number of amides is 2. The van der Waals surface area contributed by atoms with E-state index in [0.717, 1.165) is 32.0 Å². The average Bonchev–Trinajstić information content (AvgIpc) is 2.52. The van der Waals surface area contributed by atoms with E-state index in [1.54, 1.807) is 0 Å². The summed E-state index contributed by atoms with van der Waals surface area (Å²) in [5.41, 5.74) is 0.251. The van der Waals surface area contributed by atoms with E-state index in [1.807, 2.05) is 0 Å². The molecule has 0 aromatic heterocycles. The Balaban J connectivity index is 1.72. The minimum atomic E-state index is -0.832. The molecule has 1 saturated heterocycles. The van der Waals surface area contributed by atoms with Crippen molar-refractivity contribution in [1.29, 1.82) is 0 Å². The van der Waals surface area contributed by atoms with Crippen LogP contribution in [0.25, 0.3) is 0 Å². The predicted octanol–water partition coefficient (Wildman–Crippen LogP) is 0.991. The third-order valence-electron chi connectivity index (χ3n) is 3.65. The molecule has 0 radical (unpaired) electrons. The maximum Gasteiger partial charge on any atom is 0.313 e. The molecule has 0 unspecified atom stereocenters. The number of aliphatic hydroxyl groups excluding tert-OH is 1. The molecule has 0 aliphatic carbocycles. The Kier molecular flexibility index (Phi) is 6.32. The normalized spacial score (nSPS) is 16.1. The highest BCUT2D eigenvalue weighted by Gasteiger charge is 2.18. The molecule has 6 nitrogen and oxygen atoms in total. The van der Waals surface area contributed by atoms with Crippen LogP contribution in [0.5, 0.6) is 0 Å². The molecule has 3 N–H and O–H groups in total. The van der Waals surface area contributed by atoms with Crippen LogP contribution in [0.2, 0.25) is 5.02 Å². The highest BCUT2D eigenvalue weighted by molar-refractivity contribution is 6.39. The van der Waals surface area contributed by atoms with Crippen molar-refractivity contribution in [1.82, 2.24) is 10.2 Å². The second-order valence-electron chi connectivity index (χ2n) is 5.41. The summed E-state index contributed by atoms with van der Waals surface area (Å²) in [5.74, 6) is -2.19. The van der Waals surface area contributed by atoms with Gasteiger partial charge in [-0.2, -0.15) is 0 Å². The molecule has 2 amide bonds. The van der Waals surface area contributed by atoms with Crippen molar-refractivity contribution in [3.8, 4) is 0 Å². The Morgan fingerprint density at radius 2 is 2.00 bits per heavy atom. The third kappa shape index (κ3) is 5.46. The number of nitrogens with zero attached hydrogens (tertiary/aromatic N) is 1. The topological polar surface area (TPSA) is 81.7 Å². The number of anilines is 1. The van der Waals surface area contributed by atoms with E-state index in [4.69, 9.17) is 11.6 Å². The summed E-state index contributed by atoms with van der Waals surface area (Å²) in [5, 5.41) is 14.2. The van der Waals surface area contributed by atoms with E-state index in [2.05, 4.69) is 15.5 Å². The Bertz CT molecular complexity index is 577. The van der Waals surface area contributed by atoms with Gasteiger partial charge in [0.05, 0.1) is 11.1 Å². The number of piperidine rings is 1. The molecule has 1 heterocycles. The van der Waals surface area contributed by atoms with Crippen molar-refractivity contribution in [3.63, 3.8) is 0 Å². The van der Waals surface area contributed by atoms with Gasteiger partial charge in [0.1, 0.15) is 5.82 Å². The number of halogens is 2. The summed E-state index contributed by atoms with van der Waals surface area (Å²) in [6.45, 7) is 2.51. The molecule has 1 aromatic rings. The highest BCUT2D eigenvalue weighted by atomic mass is 35.5. The number of hydrogen-bond donors (Lipinski definition) is 3. The zero-order valence-corrected chi connectivity index (χ0v) is 13.3. The summed E-state index contributed by atoms with van der Waals surface area (Å²) in [6.07, 6.45) is 1.20. The summed E-state index contributed by atoms with van der Waals surface area (Å²) in [4.78, 5) is 25.5. The lowest BCUT2D eigenvalue weighted by atomic mass is 10.1. The van der Waals surface area contributed by atoms with Gasteiger partial charge < -0.3 is 20.6 Å². The van der Waals surface area contributed by atoms with Crippen LogP contribution in [0.4, 0.5) is 10.1 Å². The fourth-order valence-corrected chi connectivity index (χ4v) is 2.49. The Hall–Kier alpha value is -1.70. The molecule has 0 bridgehead atoms. The SMILES string of the molecule is O=C(NCCN1CCC(O)CC1)C(=O)Nc1ccc(F)c(Cl)c1. The van der Waals surface area contributed by atoms with E-state index in [1.165, 1.54) is 12.1 Å². The second-order valence-corrected chi connectivity index (χ2v) is 5.82. The quantitative estimate of drug-likeness (QED) is 0.712. The van der Waals surface area contributed by atoms with Gasteiger partial charge in [-0.25, -0.2) is 4.39 Å². The largest absolute Gasteiger partial charge is 0.393 e. The number of likely N-dealkylation sites (tertiary alicyclic amines) is 1. The first-order valence-electron chi connectivity index (χ1n) is 7.40. The maximum atomic E-state index is 13.0. The summed E-state index contributed by atoms with van der Waals surface area (Å²) < 4.78 is 13.0. The van der Waals surface area contributed by atoms with E-state index >= 15 is 0 Å². The molecule has 1 fully saturated rings. The fourth-order valence-electron chi connectivity index (χ4n) is 2.31. The summed E-state index contributed by atoms with van der Waals surface area (Å²) >= 11 is 5.61. The molecule has 126 valence electrons. The van der Waals surface area contributed by atoms with Crippen molar-refractivity contribution in [2.45, 2.75) is 18.9 Å². The number of aliphatic hydroxyl groups is 1. The van der Waals surface area contributed by atoms with Crippen molar-refractivity contribution in [3.05, 3.63) is 29.0 Å². The minimum Gasteiger partial charge on any atom is -0.393 e. The Labute approximate surface area is 138 Å². The summed E-state index contributed by atoms with van der Waals surface area (Å²) in [7, 11) is 0. The van der Waals surface area contributed by atoms with Gasteiger partial charge in [0.25, 0.3) is 0 Å². The van der Waals surface area contributed by atoms with Gasteiger partial charge >= 0.3 is 11.8 Å². The smallest absolute Gasteiger partial charge is 0.313 e. The molecular weight excluding hydrogens is 325 g/mol. The van der Waals surface area contributed by atoms with Gasteiger partial charge in [0.2, 0.25) is 0 Å². The molecule has 1 aliphatic rings. The van der Waals surface area contributed by atoms with E-state index in [9.17, 15) is 19.1 Å². The molecule has 0 spiro atoms. The maximum absolute atomic E-state index is 13.0. The number of hydrogen-bond acceptors (Lipinski definition) is 4. The molecule has 0 saturated carbocycles. The molecule has 1 aliphatic heterocycles. The standard InChI is InChI=1S/C15H19ClFN3O3/c16-12-9-10(1-2-13(12)17)19-15(23)14(22)18-5-8-20-6-3-11(21)4-7-20/h1-2,9,11,21H,3-8H2,(H,18,22)(H,19,23). The highest BCUT2D eigenvalue weighted by Crippen LogP contribution is 2.19. The van der Waals surface area contributed by atoms with Gasteiger partial charge in [-0.05, 0) is 31.0 Å². The first kappa shape index (κ1) is 17.7. The van der Waals surface area contributed by atoms with Gasteiger partial charge in [0.15, 0.2) is 0 Å². The number of nitrogens with one attached hydrogen (secondary N) is 2. The van der Waals surface area contributed by atoms with Crippen molar-refractivity contribution < 1.29 is 19.1 Å². The van der Waals surface area contributed by atoms with Gasteiger partial charge in [-0.1, -0.05) is 11.6 Å². The molecule has 2 rings (SSSR count). The Morgan fingerprint density at radius 1 is 1.30 bits per heavy atom. The molecule has 1 aromatic carbocycles. The fraction of sp³-hybridized carbons (Fsp3) is 0.467. The van der Waals surface area contributed by atoms with Crippen LogP contribution >= 0.6 is 11.6 Å². The number of carbonyl (C=O) groups is 2. The number of carbonyl (C=O) groups excluding carboxylic acids is 2. The molecule has 8 heteroatoms. The number of rotatable bonds is 4. The van der Waals surface area contributed by atoms with Crippen molar-refractivity contribution >= 4 is 29.1 Å². The van der Waals surface area contributed by atoms with E-state index in [0.29, 0.717) is 13.1 Å². The van der Waals surface area contributed by atoms with Crippen LogP contribution in [0, 0.1) is 5.82 Å². The van der Waals surface area contributed by atoms with Gasteiger partial charge in [0, 0.05) is 31.9 Å². The third-order valence-corrected chi connectivity index (χ3v) is 3.94. The lowest BCUT2D eigenvalue weighted by Crippen LogP contribution is -2.43. The molecule has 23 heavy (non-hydrogen) atoms. The van der Waals surface area contributed by atoms with Crippen LogP contribution < -0.4 is 10.6 Å². The lowest BCUT2D eigenvalue weighted by molar-refractivity contribution is -0.136. The van der Waals surface area contributed by atoms with E-state index < -0.39 is 17.6 Å². The summed E-state index contributed by atoms with van der Waals surface area (Å²) in [6, 6.07) is 3.67. The van der Waals surface area contributed by atoms with Gasteiger partial charge in [-0.3, -0.25) is 9.59 Å². The zero-order valence-electron chi connectivity index (χ0n) is 12.5. The lowest BCUT2D eigenvalue weighted by Gasteiger charge is -2.29. The first-order chi connectivity index (χ1) is 11.0. The second kappa shape index (κ2) is 8.24. The predicted molar refractivity (Wildman–Crippen MR) is 84.7 cm³/mol. The molecule has 0 atom stereocenters. The van der Waals surface area contributed by atoms with Crippen LogP contribution in [0.15, 0.2) is 18.2 Å². The average molecular weight is 344 g/mol. The van der Waals surface area contributed by atoms with E-state index in [-0.39, 0.29) is 16.8 Å². The monoisotopic (exact) mass is 343 g/mol. The Morgan fingerprint density at radius 3 is 2.65 bits per heavy atom. The zero-order chi connectivity index (χ0) is 16.8. The van der Waals surface area contributed by atoms with Crippen LogP contribution in [-0.2, 0) is 9.59 Å². The van der Waals surface area contributed by atoms with Crippen LogP contribution in [0.1, 0.15) is 12.8 Å². The van der Waals surface area contributed by atoms with Crippen molar-refractivity contribution in [2.75, 3.05) is 31.5 Å². The van der Waals surface area contributed by atoms with Crippen LogP contribution in [-0.4, -0.2) is 54.1 Å².